The van der Waals surface area contributed by atoms with Crippen molar-refractivity contribution in [1.29, 1.82) is 0 Å². The molecule has 2 fully saturated rings. The number of carbonyl (C=O) groups is 1. The van der Waals surface area contributed by atoms with Crippen LogP contribution in [0.1, 0.15) is 77.2 Å². The molecule has 6 nitrogen and oxygen atoms in total. The van der Waals surface area contributed by atoms with E-state index in [1.165, 1.54) is 0 Å². The minimum Gasteiger partial charge on any atom is -0.334 e. The molecule has 0 aromatic carbocycles. The molecule has 2 aromatic rings. The summed E-state index contributed by atoms with van der Waals surface area (Å²) < 4.78 is 0. The number of rotatable bonds is 5. The number of nitrogens with zero attached hydrogens (tertiary/aromatic N) is 3. The molecule has 4 heterocycles. The summed E-state index contributed by atoms with van der Waals surface area (Å²) in [4.78, 5) is 24.7. The predicted molar refractivity (Wildman–Crippen MR) is 127 cm³/mol. The van der Waals surface area contributed by atoms with Crippen LogP contribution in [0.3, 0.4) is 0 Å². The van der Waals surface area contributed by atoms with Gasteiger partial charge in [0.05, 0.1) is 17.4 Å². The summed E-state index contributed by atoms with van der Waals surface area (Å²) in [5.41, 5.74) is 2.09. The van der Waals surface area contributed by atoms with Crippen LogP contribution in [-0.4, -0.2) is 38.4 Å². The number of pyridine rings is 1. The fourth-order valence-corrected chi connectivity index (χ4v) is 6.34. The van der Waals surface area contributed by atoms with Crippen molar-refractivity contribution in [1.82, 2.24) is 20.2 Å². The zero-order valence-electron chi connectivity index (χ0n) is 19.4. The number of hydrogen-bond acceptors (Lipinski definition) is 6. The third-order valence-corrected chi connectivity index (χ3v) is 7.15. The number of aromatic nitrogens is 2. The highest BCUT2D eigenvalue weighted by atomic mass is 32.1. The van der Waals surface area contributed by atoms with Crippen LogP contribution in [0.15, 0.2) is 23.6 Å². The summed E-state index contributed by atoms with van der Waals surface area (Å²) in [5, 5.41) is 9.89. The Kier molecular flexibility index (Phi) is 6.10. The highest BCUT2D eigenvalue weighted by Gasteiger charge is 2.40. The lowest BCUT2D eigenvalue weighted by molar-refractivity contribution is -0.133. The van der Waals surface area contributed by atoms with E-state index in [9.17, 15) is 4.79 Å². The molecule has 0 aliphatic carbocycles. The third-order valence-electron chi connectivity index (χ3n) is 6.28. The Balaban J connectivity index is 1.45. The molecule has 4 rings (SSSR count). The van der Waals surface area contributed by atoms with Crippen molar-refractivity contribution in [2.45, 2.75) is 83.8 Å². The van der Waals surface area contributed by atoms with Gasteiger partial charge in [0.15, 0.2) is 5.13 Å². The van der Waals surface area contributed by atoms with Crippen LogP contribution < -0.4 is 10.6 Å². The van der Waals surface area contributed by atoms with E-state index < -0.39 is 0 Å². The molecule has 31 heavy (non-hydrogen) atoms. The monoisotopic (exact) mass is 441 g/mol. The van der Waals surface area contributed by atoms with Crippen LogP contribution in [0.4, 0.5) is 10.9 Å². The second-order valence-electron chi connectivity index (χ2n) is 10.5. The van der Waals surface area contributed by atoms with Gasteiger partial charge in [0.25, 0.3) is 0 Å². The molecule has 2 saturated heterocycles. The molecule has 1 atom stereocenters. The van der Waals surface area contributed by atoms with E-state index in [1.54, 1.807) is 11.3 Å². The minimum atomic E-state index is 0.0623. The van der Waals surface area contributed by atoms with Gasteiger partial charge in [0, 0.05) is 29.4 Å². The van der Waals surface area contributed by atoms with Crippen molar-refractivity contribution in [3.63, 3.8) is 0 Å². The molecule has 0 bridgehead atoms. The molecule has 168 valence electrons. The molecule has 7 heteroatoms. The first kappa shape index (κ1) is 22.2. The first-order valence-electron chi connectivity index (χ1n) is 11.4. The molecule has 2 N–H and O–H groups in total. The Morgan fingerprint density at radius 2 is 1.97 bits per heavy atom. The van der Waals surface area contributed by atoms with Gasteiger partial charge >= 0.3 is 0 Å². The van der Waals surface area contributed by atoms with Gasteiger partial charge in [-0.1, -0.05) is 6.07 Å². The third kappa shape index (κ3) is 5.44. The minimum absolute atomic E-state index is 0.0623. The van der Waals surface area contributed by atoms with Crippen molar-refractivity contribution in [2.75, 3.05) is 11.9 Å². The van der Waals surface area contributed by atoms with Crippen LogP contribution in [0, 0.1) is 12.8 Å². The van der Waals surface area contributed by atoms with Gasteiger partial charge < -0.3 is 15.5 Å². The molecule has 1 amide bonds. The number of piperidine rings is 1. The molecular weight excluding hydrogens is 406 g/mol. The predicted octanol–water partition coefficient (Wildman–Crippen LogP) is 5.20. The van der Waals surface area contributed by atoms with E-state index in [2.05, 4.69) is 48.2 Å². The summed E-state index contributed by atoms with van der Waals surface area (Å²) in [5.74, 6) is 1.47. The molecule has 0 unspecified atom stereocenters. The summed E-state index contributed by atoms with van der Waals surface area (Å²) in [6.45, 7) is 11.8. The second-order valence-corrected chi connectivity index (χ2v) is 11.3. The molecule has 2 aromatic heterocycles. The lowest BCUT2D eigenvalue weighted by Crippen LogP contribution is -2.58. The fraction of sp³-hybridized carbons (Fsp3) is 0.625. The van der Waals surface area contributed by atoms with E-state index in [0.717, 1.165) is 54.6 Å². The second kappa shape index (κ2) is 8.51. The topological polar surface area (TPSA) is 70.2 Å². The van der Waals surface area contributed by atoms with E-state index in [0.29, 0.717) is 12.3 Å². The van der Waals surface area contributed by atoms with Crippen LogP contribution in [-0.2, 0) is 4.79 Å². The van der Waals surface area contributed by atoms with E-state index >= 15 is 0 Å². The summed E-state index contributed by atoms with van der Waals surface area (Å²) in [6, 6.07) is 6.09. The molecule has 0 radical (unpaired) electrons. The molecule has 2 aliphatic heterocycles. The van der Waals surface area contributed by atoms with E-state index in [-0.39, 0.29) is 23.0 Å². The number of aryl methyl sites for hydroxylation is 1. The Labute approximate surface area is 189 Å². The van der Waals surface area contributed by atoms with Gasteiger partial charge in [0.2, 0.25) is 5.91 Å². The normalized spacial score (nSPS) is 23.1. The maximum atomic E-state index is 13.4. The van der Waals surface area contributed by atoms with Crippen LogP contribution in [0.5, 0.6) is 0 Å². The van der Waals surface area contributed by atoms with Gasteiger partial charge in [-0.15, -0.1) is 11.3 Å². The maximum Gasteiger partial charge on any atom is 0.223 e. The fourth-order valence-electron chi connectivity index (χ4n) is 5.64. The molecule has 2 aliphatic rings. The van der Waals surface area contributed by atoms with Gasteiger partial charge in [-0.25, -0.2) is 9.97 Å². The lowest BCUT2D eigenvalue weighted by Gasteiger charge is -2.46. The van der Waals surface area contributed by atoms with Gasteiger partial charge in [0.1, 0.15) is 5.82 Å². The Bertz CT molecular complexity index is 922. The average molecular weight is 442 g/mol. The first-order chi connectivity index (χ1) is 14.6. The molecule has 0 saturated carbocycles. The van der Waals surface area contributed by atoms with Crippen molar-refractivity contribution < 1.29 is 4.79 Å². The van der Waals surface area contributed by atoms with Crippen molar-refractivity contribution in [3.05, 3.63) is 35.0 Å². The lowest BCUT2D eigenvalue weighted by atomic mass is 9.74. The summed E-state index contributed by atoms with van der Waals surface area (Å²) in [7, 11) is 0. The van der Waals surface area contributed by atoms with Crippen molar-refractivity contribution in [3.8, 4) is 0 Å². The quantitative estimate of drug-likeness (QED) is 0.667. The number of carbonyl (C=O) groups excluding carboxylic acids is 1. The van der Waals surface area contributed by atoms with Crippen molar-refractivity contribution >= 4 is 28.2 Å². The van der Waals surface area contributed by atoms with Crippen LogP contribution >= 0.6 is 11.3 Å². The van der Waals surface area contributed by atoms with Crippen molar-refractivity contribution in [2.24, 2.45) is 5.92 Å². The highest BCUT2D eigenvalue weighted by Crippen LogP contribution is 2.37. The molecule has 0 spiro atoms. The molecular formula is C24H35N5OS. The van der Waals surface area contributed by atoms with E-state index in [1.807, 2.05) is 30.5 Å². The Hall–Kier alpha value is -1.99. The first-order valence-corrected chi connectivity index (χ1v) is 12.2. The van der Waals surface area contributed by atoms with E-state index in [4.69, 9.17) is 4.98 Å². The Morgan fingerprint density at radius 3 is 2.65 bits per heavy atom. The summed E-state index contributed by atoms with van der Waals surface area (Å²) in [6.07, 6.45) is 4.70. The zero-order valence-corrected chi connectivity index (χ0v) is 20.2. The number of hydrogen-bond donors (Lipinski definition) is 2. The van der Waals surface area contributed by atoms with Gasteiger partial charge in [-0.2, -0.15) is 0 Å². The zero-order chi connectivity index (χ0) is 22.2. The maximum absolute atomic E-state index is 13.4. The average Bonchev–Trinajstić information content (AvgIpc) is 3.28. The number of nitrogens with one attached hydrogen (secondary N) is 2. The number of thiazole rings is 1. The number of likely N-dealkylation sites (tertiary alicyclic amines) is 1. The van der Waals surface area contributed by atoms with Crippen LogP contribution in [0.25, 0.3) is 0 Å². The summed E-state index contributed by atoms with van der Waals surface area (Å²) >= 11 is 1.58. The Morgan fingerprint density at radius 1 is 1.23 bits per heavy atom. The number of anilines is 2. The smallest absolute Gasteiger partial charge is 0.223 e. The van der Waals surface area contributed by atoms with Gasteiger partial charge in [-0.3, -0.25) is 4.79 Å². The standard InChI is InChI=1S/C24H35N5OS/c1-16-15-31-22(25-16)27-20-10-6-8-18(26-20)19-9-7-11-29(19)21(30)12-17-13-23(2,3)28-24(4,5)14-17/h6,8,10,15,17,19,28H,7,9,11-14H2,1-5H3,(H,25,26,27)/t19-/m0/s1. The number of amides is 1. The van der Waals surface area contributed by atoms with Crippen LogP contribution in [0.2, 0.25) is 0 Å². The highest BCUT2D eigenvalue weighted by molar-refractivity contribution is 7.13. The SMILES string of the molecule is Cc1csc(Nc2cccc([C@@H]3CCCN3C(=O)CC3CC(C)(C)NC(C)(C)C3)n2)n1. The van der Waals surface area contributed by atoms with Gasteiger partial charge in [-0.05, 0) is 78.4 Å². The largest absolute Gasteiger partial charge is 0.334 e.